The van der Waals surface area contributed by atoms with Crippen LogP contribution in [0.5, 0.6) is 11.5 Å². The lowest BCUT2D eigenvalue weighted by Gasteiger charge is -2.33. The van der Waals surface area contributed by atoms with Crippen LogP contribution >= 0.6 is 0 Å². The predicted octanol–water partition coefficient (Wildman–Crippen LogP) is 2.33. The minimum atomic E-state index is -0.754. The number of methoxy groups -OCH3 is 1. The summed E-state index contributed by atoms with van der Waals surface area (Å²) in [6.07, 6.45) is 0. The number of hydrogen-bond donors (Lipinski definition) is 1. The van der Waals surface area contributed by atoms with E-state index in [-0.39, 0.29) is 24.2 Å². The number of rotatable bonds is 6. The van der Waals surface area contributed by atoms with E-state index in [1.54, 1.807) is 32.2 Å². The van der Waals surface area contributed by atoms with E-state index < -0.39 is 6.04 Å². The smallest absolute Gasteiger partial charge is 0.265 e. The van der Waals surface area contributed by atoms with Gasteiger partial charge in [-0.15, -0.1) is 0 Å². The molecule has 3 rings (SSSR count). The van der Waals surface area contributed by atoms with Crippen LogP contribution in [0.25, 0.3) is 0 Å². The van der Waals surface area contributed by atoms with Gasteiger partial charge in [-0.2, -0.15) is 0 Å². The predicted molar refractivity (Wildman–Crippen MR) is 104 cm³/mol. The fourth-order valence-electron chi connectivity index (χ4n) is 3.01. The van der Waals surface area contributed by atoms with Gasteiger partial charge in [-0.1, -0.05) is 12.1 Å². The Morgan fingerprint density at radius 1 is 1.21 bits per heavy atom. The first kappa shape index (κ1) is 19.4. The number of ketones is 1. The van der Waals surface area contributed by atoms with E-state index in [1.807, 2.05) is 24.3 Å². The van der Waals surface area contributed by atoms with Crippen LogP contribution in [-0.4, -0.2) is 37.4 Å². The van der Waals surface area contributed by atoms with Crippen LogP contribution in [0.15, 0.2) is 42.5 Å². The summed E-state index contributed by atoms with van der Waals surface area (Å²) < 4.78 is 10.6. The van der Waals surface area contributed by atoms with Gasteiger partial charge in [0.25, 0.3) is 5.91 Å². The summed E-state index contributed by atoms with van der Waals surface area (Å²) in [5.74, 6) is 0.447. The van der Waals surface area contributed by atoms with E-state index in [1.165, 1.54) is 11.8 Å². The molecule has 0 saturated heterocycles. The summed E-state index contributed by atoms with van der Waals surface area (Å²) in [6, 6.07) is 11.5. The highest BCUT2D eigenvalue weighted by molar-refractivity contribution is 6.05. The molecule has 146 valence electrons. The number of ether oxygens (including phenoxy) is 2. The third-order valence-electron chi connectivity index (χ3n) is 4.64. The molecule has 2 aromatic carbocycles. The summed E-state index contributed by atoms with van der Waals surface area (Å²) in [4.78, 5) is 38.2. The lowest BCUT2D eigenvalue weighted by atomic mass is 10.1. The molecule has 0 spiro atoms. The third-order valence-corrected chi connectivity index (χ3v) is 4.64. The number of nitrogens with one attached hydrogen (secondary N) is 1. The molecule has 2 amide bonds. The second kappa shape index (κ2) is 8.12. The van der Waals surface area contributed by atoms with Gasteiger partial charge < -0.3 is 14.8 Å². The van der Waals surface area contributed by atoms with Crippen molar-refractivity contribution in [3.8, 4) is 11.5 Å². The molecule has 0 aliphatic carbocycles. The van der Waals surface area contributed by atoms with E-state index >= 15 is 0 Å². The van der Waals surface area contributed by atoms with E-state index in [2.05, 4.69) is 5.32 Å². The Balaban J connectivity index is 1.76. The van der Waals surface area contributed by atoms with Crippen molar-refractivity contribution in [2.75, 3.05) is 18.6 Å². The second-order valence-corrected chi connectivity index (χ2v) is 6.53. The summed E-state index contributed by atoms with van der Waals surface area (Å²) in [5.41, 5.74) is 1.79. The Bertz CT molecular complexity index is 908. The second-order valence-electron chi connectivity index (χ2n) is 6.53. The molecule has 1 atom stereocenters. The molecule has 28 heavy (non-hydrogen) atoms. The van der Waals surface area contributed by atoms with Crippen molar-refractivity contribution < 1.29 is 23.9 Å². The first-order valence-electron chi connectivity index (χ1n) is 8.91. The molecule has 1 N–H and O–H groups in total. The molecule has 0 aromatic heterocycles. The number of nitrogens with zero attached hydrogens (tertiary/aromatic N) is 1. The fourth-order valence-corrected chi connectivity index (χ4v) is 3.01. The number of benzene rings is 2. The van der Waals surface area contributed by atoms with E-state index in [9.17, 15) is 14.4 Å². The van der Waals surface area contributed by atoms with Crippen molar-refractivity contribution in [3.63, 3.8) is 0 Å². The highest BCUT2D eigenvalue weighted by Gasteiger charge is 2.33. The molecule has 0 bridgehead atoms. The zero-order valence-corrected chi connectivity index (χ0v) is 16.0. The molecule has 1 unspecified atom stereocenters. The van der Waals surface area contributed by atoms with Gasteiger partial charge in [0.2, 0.25) is 5.91 Å². The number of Topliss-reactive ketones (excluding diaryl/α,β-unsaturated/α-hetero) is 1. The number of hydrogen-bond acceptors (Lipinski definition) is 5. The van der Waals surface area contributed by atoms with Gasteiger partial charge in [0.1, 0.15) is 17.5 Å². The highest BCUT2D eigenvalue weighted by atomic mass is 16.5. The monoisotopic (exact) mass is 382 g/mol. The van der Waals surface area contributed by atoms with Crippen molar-refractivity contribution in [2.24, 2.45) is 0 Å². The summed E-state index contributed by atoms with van der Waals surface area (Å²) in [7, 11) is 1.59. The lowest BCUT2D eigenvalue weighted by molar-refractivity contribution is -0.127. The third kappa shape index (κ3) is 3.98. The topological polar surface area (TPSA) is 84.9 Å². The van der Waals surface area contributed by atoms with Gasteiger partial charge in [-0.3, -0.25) is 19.3 Å². The highest BCUT2D eigenvalue weighted by Crippen LogP contribution is 2.34. The fraction of sp³-hybridized carbons (Fsp3) is 0.286. The molecule has 1 aliphatic rings. The van der Waals surface area contributed by atoms with Crippen LogP contribution in [0, 0.1) is 0 Å². The van der Waals surface area contributed by atoms with Crippen LogP contribution < -0.4 is 19.7 Å². The molecule has 0 radical (unpaired) electrons. The first-order valence-corrected chi connectivity index (χ1v) is 8.91. The van der Waals surface area contributed by atoms with Crippen molar-refractivity contribution >= 4 is 23.3 Å². The van der Waals surface area contributed by atoms with Crippen molar-refractivity contribution in [1.29, 1.82) is 0 Å². The van der Waals surface area contributed by atoms with Gasteiger partial charge in [0, 0.05) is 12.1 Å². The van der Waals surface area contributed by atoms with Gasteiger partial charge >= 0.3 is 0 Å². The Labute approximate surface area is 163 Å². The number of amides is 2. The zero-order valence-electron chi connectivity index (χ0n) is 16.0. The van der Waals surface area contributed by atoms with Crippen molar-refractivity contribution in [3.05, 3.63) is 53.6 Å². The molecular formula is C21H22N2O5. The number of fused-ring (bicyclic) bond motifs is 1. The minimum absolute atomic E-state index is 0.127. The minimum Gasteiger partial charge on any atom is -0.497 e. The molecule has 1 aliphatic heterocycles. The van der Waals surface area contributed by atoms with Gasteiger partial charge in [0.15, 0.2) is 12.4 Å². The lowest BCUT2D eigenvalue weighted by Crippen LogP contribution is -2.51. The molecule has 1 heterocycles. The van der Waals surface area contributed by atoms with Gasteiger partial charge in [-0.25, -0.2) is 0 Å². The molecule has 7 nitrogen and oxygen atoms in total. The Morgan fingerprint density at radius 3 is 2.57 bits per heavy atom. The largest absolute Gasteiger partial charge is 0.497 e. The maximum Gasteiger partial charge on any atom is 0.265 e. The maximum atomic E-state index is 12.7. The van der Waals surface area contributed by atoms with Crippen LogP contribution in [-0.2, 0) is 16.1 Å². The molecule has 2 aromatic rings. The SMILES string of the molecule is COc1ccc(CNC(=O)C(C)N2C(=O)COc3ccc(C(C)=O)cc32)cc1. The Morgan fingerprint density at radius 2 is 1.93 bits per heavy atom. The van der Waals surface area contributed by atoms with Crippen molar-refractivity contribution in [2.45, 2.75) is 26.4 Å². The number of carbonyl (C=O) groups excluding carboxylic acids is 3. The van der Waals surface area contributed by atoms with Crippen LogP contribution in [0.3, 0.4) is 0 Å². The van der Waals surface area contributed by atoms with E-state index in [0.29, 0.717) is 23.5 Å². The summed E-state index contributed by atoms with van der Waals surface area (Å²) in [5, 5.41) is 2.84. The van der Waals surface area contributed by atoms with Crippen molar-refractivity contribution in [1.82, 2.24) is 5.32 Å². The summed E-state index contributed by atoms with van der Waals surface area (Å²) >= 11 is 0. The number of anilines is 1. The first-order chi connectivity index (χ1) is 13.4. The Kier molecular flexibility index (Phi) is 5.63. The maximum absolute atomic E-state index is 12.7. The zero-order chi connectivity index (χ0) is 20.3. The average Bonchev–Trinajstić information content (AvgIpc) is 2.71. The molecule has 7 heteroatoms. The Hall–Kier alpha value is -3.35. The normalized spacial score (nSPS) is 14.0. The van der Waals surface area contributed by atoms with Crippen LogP contribution in [0.1, 0.15) is 29.8 Å². The van der Waals surface area contributed by atoms with Gasteiger partial charge in [0.05, 0.1) is 12.8 Å². The molecular weight excluding hydrogens is 360 g/mol. The van der Waals surface area contributed by atoms with Crippen LogP contribution in [0.4, 0.5) is 5.69 Å². The standard InChI is InChI=1S/C21H22N2O5/c1-13(21(26)22-11-15-4-7-17(27-3)8-5-15)23-18-10-16(14(2)24)6-9-19(18)28-12-20(23)25/h4-10,13H,11-12H2,1-3H3,(H,22,26). The number of carbonyl (C=O) groups is 3. The van der Waals surface area contributed by atoms with Gasteiger partial charge in [-0.05, 0) is 49.7 Å². The van der Waals surface area contributed by atoms with Crippen LogP contribution in [0.2, 0.25) is 0 Å². The van der Waals surface area contributed by atoms with E-state index in [4.69, 9.17) is 9.47 Å². The average molecular weight is 382 g/mol. The van der Waals surface area contributed by atoms with E-state index in [0.717, 1.165) is 11.3 Å². The molecule has 0 fully saturated rings. The quantitative estimate of drug-likeness (QED) is 0.775. The molecule has 0 saturated carbocycles. The summed E-state index contributed by atoms with van der Waals surface area (Å²) in [6.45, 7) is 3.27.